The van der Waals surface area contributed by atoms with Crippen LogP contribution in [-0.4, -0.2) is 33.0 Å². The van der Waals surface area contributed by atoms with Crippen LogP contribution in [0.5, 0.6) is 0 Å². The monoisotopic (exact) mass is 368 g/mol. The molecule has 1 aromatic carbocycles. The Morgan fingerprint density at radius 2 is 2.04 bits per heavy atom. The molecule has 1 aromatic heterocycles. The number of aryl methyl sites for hydroxylation is 1. The van der Waals surface area contributed by atoms with Crippen LogP contribution in [-0.2, 0) is 10.0 Å². The van der Waals surface area contributed by atoms with Gasteiger partial charge in [-0.05, 0) is 62.7 Å². The van der Waals surface area contributed by atoms with Crippen LogP contribution in [0.4, 0.5) is 0 Å². The van der Waals surface area contributed by atoms with E-state index in [1.165, 1.54) is 6.07 Å². The lowest BCUT2D eigenvalue weighted by molar-refractivity contribution is 0.216. The van der Waals surface area contributed by atoms with Gasteiger partial charge in [-0.15, -0.1) is 0 Å². The number of hydrogen-bond donors (Lipinski definition) is 1. The Labute approximate surface area is 147 Å². The first-order valence-corrected chi connectivity index (χ1v) is 9.87. The van der Waals surface area contributed by atoms with Crippen molar-refractivity contribution in [2.45, 2.75) is 30.7 Å². The Hall–Kier alpha value is -1.34. The van der Waals surface area contributed by atoms with Crippen LogP contribution in [0.2, 0.25) is 5.02 Å². The van der Waals surface area contributed by atoms with Gasteiger partial charge in [0.25, 0.3) is 0 Å². The van der Waals surface area contributed by atoms with Crippen molar-refractivity contribution in [3.63, 3.8) is 0 Å². The van der Waals surface area contributed by atoms with E-state index in [1.807, 2.05) is 19.1 Å². The fourth-order valence-electron chi connectivity index (χ4n) is 3.03. The zero-order chi connectivity index (χ0) is 17.2. The number of hydrogen-bond acceptors (Lipinski definition) is 4. The van der Waals surface area contributed by atoms with Crippen molar-refractivity contribution >= 4 is 21.6 Å². The molecule has 2 heterocycles. The van der Waals surface area contributed by atoms with E-state index in [4.69, 9.17) is 16.0 Å². The van der Waals surface area contributed by atoms with Gasteiger partial charge in [0, 0.05) is 6.54 Å². The quantitative estimate of drug-likeness (QED) is 0.849. The summed E-state index contributed by atoms with van der Waals surface area (Å²) in [6.45, 7) is 4.01. The Kier molecular flexibility index (Phi) is 5.30. The van der Waals surface area contributed by atoms with Gasteiger partial charge in [-0.2, -0.15) is 0 Å². The molecule has 3 rings (SSSR count). The SMILES string of the molecule is Cc1ccc(S(=O)(=O)NCC(c2ccco2)N2CCCC2)c(Cl)c1. The molecule has 7 heteroatoms. The topological polar surface area (TPSA) is 62.6 Å². The van der Waals surface area contributed by atoms with Crippen LogP contribution in [0, 0.1) is 6.92 Å². The van der Waals surface area contributed by atoms with E-state index >= 15 is 0 Å². The number of benzene rings is 1. The van der Waals surface area contributed by atoms with Crippen molar-refractivity contribution in [1.82, 2.24) is 9.62 Å². The normalized spacial score (nSPS) is 17.2. The summed E-state index contributed by atoms with van der Waals surface area (Å²) in [5, 5.41) is 0.234. The third-order valence-corrected chi connectivity index (χ3v) is 6.20. The average molecular weight is 369 g/mol. The van der Waals surface area contributed by atoms with Crippen LogP contribution in [0.1, 0.15) is 30.2 Å². The van der Waals surface area contributed by atoms with E-state index in [9.17, 15) is 8.42 Å². The summed E-state index contributed by atoms with van der Waals surface area (Å²) >= 11 is 6.11. The standard InChI is InChI=1S/C17H21ClN2O3S/c1-13-6-7-17(14(18)11-13)24(21,22)19-12-15(16-5-4-10-23-16)20-8-2-3-9-20/h4-7,10-11,15,19H,2-3,8-9,12H2,1H3. The maximum absolute atomic E-state index is 12.6. The van der Waals surface area contributed by atoms with Gasteiger partial charge in [0.15, 0.2) is 0 Å². The van der Waals surface area contributed by atoms with E-state index in [0.29, 0.717) is 0 Å². The molecule has 1 aliphatic rings. The number of sulfonamides is 1. The molecule has 1 atom stereocenters. The summed E-state index contributed by atoms with van der Waals surface area (Å²) in [6, 6.07) is 8.53. The second-order valence-corrected chi connectivity index (χ2v) is 8.20. The second kappa shape index (κ2) is 7.27. The fourth-order valence-corrected chi connectivity index (χ4v) is 4.67. The first-order valence-electron chi connectivity index (χ1n) is 8.00. The first kappa shape index (κ1) is 17.5. The van der Waals surface area contributed by atoms with Crippen LogP contribution in [0.15, 0.2) is 45.9 Å². The van der Waals surface area contributed by atoms with Gasteiger partial charge in [-0.25, -0.2) is 13.1 Å². The van der Waals surface area contributed by atoms with Gasteiger partial charge in [0.2, 0.25) is 10.0 Å². The largest absolute Gasteiger partial charge is 0.468 e. The number of furan rings is 1. The van der Waals surface area contributed by atoms with Gasteiger partial charge in [0.1, 0.15) is 10.7 Å². The maximum Gasteiger partial charge on any atom is 0.242 e. The summed E-state index contributed by atoms with van der Waals surface area (Å²) in [5.41, 5.74) is 0.921. The van der Waals surface area contributed by atoms with Crippen molar-refractivity contribution in [2.75, 3.05) is 19.6 Å². The van der Waals surface area contributed by atoms with Crippen molar-refractivity contribution in [2.24, 2.45) is 0 Å². The molecular weight excluding hydrogens is 348 g/mol. The summed E-state index contributed by atoms with van der Waals surface area (Å²) in [4.78, 5) is 2.35. The van der Waals surface area contributed by atoms with Crippen LogP contribution in [0.3, 0.4) is 0 Å². The van der Waals surface area contributed by atoms with E-state index in [2.05, 4.69) is 9.62 Å². The van der Waals surface area contributed by atoms with Crippen molar-refractivity contribution in [3.8, 4) is 0 Å². The number of likely N-dealkylation sites (tertiary alicyclic amines) is 1. The third-order valence-electron chi connectivity index (χ3n) is 4.30. The molecule has 1 N–H and O–H groups in total. The summed E-state index contributed by atoms with van der Waals surface area (Å²) in [7, 11) is -3.67. The zero-order valence-electron chi connectivity index (χ0n) is 13.5. The van der Waals surface area contributed by atoms with E-state index in [1.54, 1.807) is 18.4 Å². The van der Waals surface area contributed by atoms with Gasteiger partial charge in [-0.1, -0.05) is 17.7 Å². The molecule has 0 radical (unpaired) electrons. The van der Waals surface area contributed by atoms with Crippen molar-refractivity contribution < 1.29 is 12.8 Å². The predicted molar refractivity (Wildman–Crippen MR) is 93.6 cm³/mol. The minimum atomic E-state index is -3.67. The van der Waals surface area contributed by atoms with Crippen LogP contribution >= 0.6 is 11.6 Å². The lowest BCUT2D eigenvalue weighted by Crippen LogP contribution is -2.36. The molecule has 0 amide bonds. The van der Waals surface area contributed by atoms with Gasteiger partial charge >= 0.3 is 0 Å². The molecule has 24 heavy (non-hydrogen) atoms. The molecule has 0 aliphatic carbocycles. The number of nitrogens with zero attached hydrogens (tertiary/aromatic N) is 1. The molecule has 2 aromatic rings. The summed E-state index contributed by atoms with van der Waals surface area (Å²) < 4.78 is 33.4. The smallest absolute Gasteiger partial charge is 0.242 e. The van der Waals surface area contributed by atoms with E-state index in [-0.39, 0.29) is 22.5 Å². The molecule has 1 aliphatic heterocycles. The lowest BCUT2D eigenvalue weighted by Gasteiger charge is -2.26. The van der Waals surface area contributed by atoms with Crippen molar-refractivity contribution in [3.05, 3.63) is 52.9 Å². The van der Waals surface area contributed by atoms with E-state index in [0.717, 1.165) is 37.3 Å². The molecule has 0 saturated carbocycles. The van der Waals surface area contributed by atoms with Crippen LogP contribution < -0.4 is 4.72 Å². The highest BCUT2D eigenvalue weighted by Crippen LogP contribution is 2.27. The summed E-state index contributed by atoms with van der Waals surface area (Å²) in [5.74, 6) is 0.773. The molecule has 130 valence electrons. The predicted octanol–water partition coefficient (Wildman–Crippen LogP) is 3.36. The van der Waals surface area contributed by atoms with Gasteiger partial charge in [0.05, 0.1) is 17.3 Å². The number of rotatable bonds is 6. The number of halogens is 1. The molecular formula is C17H21ClN2O3S. The molecule has 0 spiro atoms. The van der Waals surface area contributed by atoms with Crippen LogP contribution in [0.25, 0.3) is 0 Å². The zero-order valence-corrected chi connectivity index (χ0v) is 15.1. The minimum Gasteiger partial charge on any atom is -0.468 e. The molecule has 1 unspecified atom stereocenters. The summed E-state index contributed by atoms with van der Waals surface area (Å²) in [6.07, 6.45) is 3.85. The van der Waals surface area contributed by atoms with Gasteiger partial charge < -0.3 is 4.42 Å². The highest BCUT2D eigenvalue weighted by atomic mass is 35.5. The maximum atomic E-state index is 12.6. The second-order valence-electron chi connectivity index (χ2n) is 6.06. The molecule has 1 fully saturated rings. The highest BCUT2D eigenvalue weighted by Gasteiger charge is 2.28. The fraction of sp³-hybridized carbons (Fsp3) is 0.412. The minimum absolute atomic E-state index is 0.106. The highest BCUT2D eigenvalue weighted by molar-refractivity contribution is 7.89. The van der Waals surface area contributed by atoms with Crippen molar-refractivity contribution in [1.29, 1.82) is 0 Å². The van der Waals surface area contributed by atoms with Gasteiger partial charge in [-0.3, -0.25) is 4.90 Å². The Bertz CT molecular complexity index is 784. The average Bonchev–Trinajstić information content (AvgIpc) is 3.20. The molecule has 5 nitrogen and oxygen atoms in total. The third kappa shape index (κ3) is 3.83. The first-order chi connectivity index (χ1) is 11.5. The lowest BCUT2D eigenvalue weighted by atomic mass is 10.2. The Balaban J connectivity index is 1.78. The Morgan fingerprint density at radius 3 is 2.67 bits per heavy atom. The Morgan fingerprint density at radius 1 is 1.29 bits per heavy atom. The molecule has 1 saturated heterocycles. The van der Waals surface area contributed by atoms with E-state index < -0.39 is 10.0 Å². The number of nitrogens with one attached hydrogen (secondary N) is 1. The molecule has 0 bridgehead atoms.